The second-order valence-corrected chi connectivity index (χ2v) is 3.90. The van der Waals surface area contributed by atoms with Crippen molar-refractivity contribution in [2.24, 2.45) is 0 Å². The van der Waals surface area contributed by atoms with E-state index in [-0.39, 0.29) is 6.10 Å². The molecule has 4 nitrogen and oxygen atoms in total. The quantitative estimate of drug-likeness (QED) is 0.799. The molecule has 2 rings (SSSR count). The van der Waals surface area contributed by atoms with Gasteiger partial charge in [-0.2, -0.15) is 0 Å². The number of hydrogen-bond donors (Lipinski definition) is 2. The molecule has 0 saturated heterocycles. The van der Waals surface area contributed by atoms with Crippen LogP contribution in [-0.4, -0.2) is 26.2 Å². The lowest BCUT2D eigenvalue weighted by Gasteiger charge is -1.99. The Bertz CT molecular complexity index is 462. The standard InChI is InChI=1S/C11H15N3O/c1-7-5-6-12-11-10(7)13-9(14-11)4-3-8(2)15/h5-6,8,15H,3-4H2,1-2H3,(H,12,13,14). The highest BCUT2D eigenvalue weighted by atomic mass is 16.3. The molecular weight excluding hydrogens is 190 g/mol. The first-order valence-electron chi connectivity index (χ1n) is 5.15. The number of imidazole rings is 1. The Morgan fingerprint density at radius 3 is 3.00 bits per heavy atom. The van der Waals surface area contributed by atoms with Crippen molar-refractivity contribution in [2.75, 3.05) is 0 Å². The van der Waals surface area contributed by atoms with Crippen molar-refractivity contribution in [3.63, 3.8) is 0 Å². The van der Waals surface area contributed by atoms with Crippen LogP contribution in [0.2, 0.25) is 0 Å². The fraction of sp³-hybridized carbons (Fsp3) is 0.455. The van der Waals surface area contributed by atoms with E-state index in [9.17, 15) is 5.11 Å². The third-order valence-electron chi connectivity index (χ3n) is 2.45. The normalized spacial score (nSPS) is 13.3. The highest BCUT2D eigenvalue weighted by Gasteiger charge is 2.06. The second kappa shape index (κ2) is 3.98. The zero-order valence-electron chi connectivity index (χ0n) is 8.99. The summed E-state index contributed by atoms with van der Waals surface area (Å²) in [6.45, 7) is 3.81. The fourth-order valence-corrected chi connectivity index (χ4v) is 1.55. The minimum absolute atomic E-state index is 0.285. The van der Waals surface area contributed by atoms with Gasteiger partial charge in [-0.3, -0.25) is 0 Å². The van der Waals surface area contributed by atoms with E-state index >= 15 is 0 Å². The summed E-state index contributed by atoms with van der Waals surface area (Å²) >= 11 is 0. The molecular formula is C11H15N3O. The van der Waals surface area contributed by atoms with Crippen molar-refractivity contribution in [1.82, 2.24) is 15.0 Å². The lowest BCUT2D eigenvalue weighted by atomic mass is 10.2. The van der Waals surface area contributed by atoms with Gasteiger partial charge in [0.1, 0.15) is 5.82 Å². The van der Waals surface area contributed by atoms with Gasteiger partial charge in [-0.05, 0) is 31.9 Å². The minimum Gasteiger partial charge on any atom is -0.393 e. The molecule has 80 valence electrons. The van der Waals surface area contributed by atoms with Gasteiger partial charge in [-0.25, -0.2) is 9.97 Å². The smallest absolute Gasteiger partial charge is 0.177 e. The van der Waals surface area contributed by atoms with Gasteiger partial charge in [-0.1, -0.05) is 0 Å². The first kappa shape index (κ1) is 10.1. The molecule has 0 bridgehead atoms. The van der Waals surface area contributed by atoms with Gasteiger partial charge < -0.3 is 10.1 Å². The van der Waals surface area contributed by atoms with E-state index < -0.39 is 0 Å². The van der Waals surface area contributed by atoms with Crippen LogP contribution in [0.15, 0.2) is 12.3 Å². The van der Waals surface area contributed by atoms with E-state index in [0.29, 0.717) is 0 Å². The van der Waals surface area contributed by atoms with Gasteiger partial charge in [0.15, 0.2) is 5.65 Å². The van der Waals surface area contributed by atoms with Crippen molar-refractivity contribution >= 4 is 11.2 Å². The molecule has 0 saturated carbocycles. The maximum Gasteiger partial charge on any atom is 0.177 e. The lowest BCUT2D eigenvalue weighted by Crippen LogP contribution is -2.02. The van der Waals surface area contributed by atoms with E-state index in [4.69, 9.17) is 0 Å². The Hall–Kier alpha value is -1.42. The number of aromatic amines is 1. The van der Waals surface area contributed by atoms with E-state index in [1.54, 1.807) is 13.1 Å². The summed E-state index contributed by atoms with van der Waals surface area (Å²) in [7, 11) is 0. The van der Waals surface area contributed by atoms with Crippen LogP contribution in [0.1, 0.15) is 24.7 Å². The Morgan fingerprint density at radius 2 is 2.33 bits per heavy atom. The third kappa shape index (κ3) is 2.15. The monoisotopic (exact) mass is 205 g/mol. The van der Waals surface area contributed by atoms with Crippen molar-refractivity contribution in [1.29, 1.82) is 0 Å². The van der Waals surface area contributed by atoms with Crippen LogP contribution in [0.25, 0.3) is 11.2 Å². The maximum atomic E-state index is 9.19. The van der Waals surface area contributed by atoms with Crippen LogP contribution in [0.3, 0.4) is 0 Å². The summed E-state index contributed by atoms with van der Waals surface area (Å²) in [6, 6.07) is 1.96. The van der Waals surface area contributed by atoms with Gasteiger partial charge in [0, 0.05) is 12.6 Å². The predicted molar refractivity (Wildman–Crippen MR) is 58.6 cm³/mol. The van der Waals surface area contributed by atoms with Crippen molar-refractivity contribution in [3.05, 3.63) is 23.7 Å². The van der Waals surface area contributed by atoms with Crippen LogP contribution in [-0.2, 0) is 6.42 Å². The van der Waals surface area contributed by atoms with Gasteiger partial charge in [0.2, 0.25) is 0 Å². The van der Waals surface area contributed by atoms with E-state index in [1.165, 1.54) is 0 Å². The zero-order valence-corrected chi connectivity index (χ0v) is 8.99. The van der Waals surface area contributed by atoms with Crippen LogP contribution >= 0.6 is 0 Å². The molecule has 0 radical (unpaired) electrons. The number of hydrogen-bond acceptors (Lipinski definition) is 3. The second-order valence-electron chi connectivity index (χ2n) is 3.90. The molecule has 1 unspecified atom stereocenters. The number of rotatable bonds is 3. The van der Waals surface area contributed by atoms with Crippen molar-refractivity contribution in [3.8, 4) is 0 Å². The van der Waals surface area contributed by atoms with Crippen LogP contribution < -0.4 is 0 Å². The number of nitrogens with zero attached hydrogens (tertiary/aromatic N) is 2. The van der Waals surface area contributed by atoms with E-state index in [2.05, 4.69) is 15.0 Å². The first-order valence-corrected chi connectivity index (χ1v) is 5.15. The van der Waals surface area contributed by atoms with Gasteiger partial charge in [0.05, 0.1) is 11.6 Å². The number of aliphatic hydroxyl groups excluding tert-OH is 1. The average Bonchev–Trinajstić information content (AvgIpc) is 2.59. The number of aliphatic hydroxyl groups is 1. The molecule has 2 aromatic rings. The maximum absolute atomic E-state index is 9.19. The minimum atomic E-state index is -0.285. The van der Waals surface area contributed by atoms with Gasteiger partial charge in [-0.15, -0.1) is 0 Å². The molecule has 0 aliphatic heterocycles. The summed E-state index contributed by atoms with van der Waals surface area (Å²) in [5.41, 5.74) is 2.91. The Morgan fingerprint density at radius 1 is 1.53 bits per heavy atom. The van der Waals surface area contributed by atoms with Crippen molar-refractivity contribution < 1.29 is 5.11 Å². The Kier molecular flexibility index (Phi) is 2.68. The van der Waals surface area contributed by atoms with E-state index in [1.807, 2.05) is 13.0 Å². The summed E-state index contributed by atoms with van der Waals surface area (Å²) in [6.07, 6.45) is 2.95. The fourth-order valence-electron chi connectivity index (χ4n) is 1.55. The predicted octanol–water partition coefficient (Wildman–Crippen LogP) is 1.58. The van der Waals surface area contributed by atoms with Crippen molar-refractivity contribution in [2.45, 2.75) is 32.8 Å². The molecule has 4 heteroatoms. The van der Waals surface area contributed by atoms with Crippen LogP contribution in [0.5, 0.6) is 0 Å². The molecule has 2 heterocycles. The zero-order chi connectivity index (χ0) is 10.8. The molecule has 0 aliphatic carbocycles. The number of H-pyrrole nitrogens is 1. The summed E-state index contributed by atoms with van der Waals surface area (Å²) < 4.78 is 0. The Labute approximate surface area is 88.4 Å². The highest BCUT2D eigenvalue weighted by molar-refractivity contribution is 5.74. The largest absolute Gasteiger partial charge is 0.393 e. The van der Waals surface area contributed by atoms with Gasteiger partial charge >= 0.3 is 0 Å². The van der Waals surface area contributed by atoms with E-state index in [0.717, 1.165) is 35.4 Å². The summed E-state index contributed by atoms with van der Waals surface area (Å²) in [5, 5.41) is 9.19. The highest BCUT2D eigenvalue weighted by Crippen LogP contribution is 2.13. The third-order valence-corrected chi connectivity index (χ3v) is 2.45. The topological polar surface area (TPSA) is 61.8 Å². The number of aromatic nitrogens is 3. The number of nitrogens with one attached hydrogen (secondary N) is 1. The number of pyridine rings is 1. The number of aryl methyl sites for hydroxylation is 2. The average molecular weight is 205 g/mol. The molecule has 0 amide bonds. The Balaban J connectivity index is 2.27. The molecule has 2 aromatic heterocycles. The molecule has 2 N–H and O–H groups in total. The molecule has 15 heavy (non-hydrogen) atoms. The number of fused-ring (bicyclic) bond motifs is 1. The lowest BCUT2D eigenvalue weighted by molar-refractivity contribution is 0.184. The molecule has 1 atom stereocenters. The molecule has 0 spiro atoms. The molecule has 0 aliphatic rings. The molecule has 0 fully saturated rings. The van der Waals surface area contributed by atoms with Gasteiger partial charge in [0.25, 0.3) is 0 Å². The van der Waals surface area contributed by atoms with Crippen LogP contribution in [0.4, 0.5) is 0 Å². The van der Waals surface area contributed by atoms with Crippen LogP contribution in [0, 0.1) is 6.92 Å². The summed E-state index contributed by atoms with van der Waals surface area (Å²) in [5.74, 6) is 0.896. The summed E-state index contributed by atoms with van der Waals surface area (Å²) in [4.78, 5) is 11.8. The molecule has 0 aromatic carbocycles. The first-order chi connectivity index (χ1) is 7.16. The SMILES string of the molecule is Cc1ccnc2nc(CCC(C)O)[nH]c12.